The maximum Gasteiger partial charge on any atom is 0.416 e. The molecule has 3 nitrogen and oxygen atoms in total. The van der Waals surface area contributed by atoms with Crippen LogP contribution in [0, 0.1) is 0 Å². The molecule has 0 radical (unpaired) electrons. The van der Waals surface area contributed by atoms with Crippen molar-refractivity contribution in [3.8, 4) is 22.5 Å². The highest BCUT2D eigenvalue weighted by Crippen LogP contribution is 2.42. The van der Waals surface area contributed by atoms with Crippen molar-refractivity contribution < 1.29 is 13.2 Å². The summed E-state index contributed by atoms with van der Waals surface area (Å²) in [5.41, 5.74) is 8.27. The van der Waals surface area contributed by atoms with Gasteiger partial charge >= 0.3 is 6.18 Å². The van der Waals surface area contributed by atoms with E-state index in [0.29, 0.717) is 5.69 Å². The highest BCUT2D eigenvalue weighted by Gasteiger charge is 2.30. The van der Waals surface area contributed by atoms with E-state index in [0.717, 1.165) is 83.5 Å². The second kappa shape index (κ2) is 10.5. The minimum absolute atomic E-state index is 0.667. The Bertz CT molecular complexity index is 2950. The van der Waals surface area contributed by atoms with Gasteiger partial charge in [-0.3, -0.25) is 4.98 Å². The van der Waals surface area contributed by atoms with Crippen LogP contribution in [0.2, 0.25) is 0 Å². The molecule has 0 bridgehead atoms. The molecule has 7 aromatic carbocycles. The van der Waals surface area contributed by atoms with Crippen molar-refractivity contribution in [2.24, 2.45) is 0 Å². The van der Waals surface area contributed by atoms with Crippen LogP contribution in [0.25, 0.3) is 87.8 Å². The molecule has 3 aromatic heterocycles. The Morgan fingerprint density at radius 3 is 1.76 bits per heavy atom. The highest BCUT2D eigenvalue weighted by molar-refractivity contribution is 6.20. The topological polar surface area (TPSA) is 22.8 Å². The van der Waals surface area contributed by atoms with Gasteiger partial charge in [-0.25, -0.2) is 0 Å². The van der Waals surface area contributed by atoms with Crippen LogP contribution in [0.15, 0.2) is 158 Å². The molecule has 0 aliphatic heterocycles. The predicted octanol–water partition coefficient (Wildman–Crippen LogP) is 12.3. The number of aromatic nitrogens is 3. The predicted molar refractivity (Wildman–Crippen MR) is 198 cm³/mol. The van der Waals surface area contributed by atoms with E-state index < -0.39 is 11.7 Å². The number of rotatable bonds is 3. The number of halogens is 3. The van der Waals surface area contributed by atoms with Crippen molar-refractivity contribution in [1.29, 1.82) is 0 Å². The van der Waals surface area contributed by atoms with Crippen molar-refractivity contribution in [2.45, 2.75) is 6.18 Å². The fraction of sp³-hybridized carbons (Fsp3) is 0.0227. The van der Waals surface area contributed by atoms with E-state index in [2.05, 4.69) is 106 Å². The third-order valence-electron chi connectivity index (χ3n) is 9.95. The minimum atomic E-state index is -4.40. The van der Waals surface area contributed by atoms with Crippen molar-refractivity contribution >= 4 is 65.3 Å². The van der Waals surface area contributed by atoms with Crippen LogP contribution in [0.3, 0.4) is 0 Å². The van der Waals surface area contributed by atoms with Gasteiger partial charge in [-0.1, -0.05) is 66.7 Å². The Hall–Kier alpha value is -6.40. The lowest BCUT2D eigenvalue weighted by atomic mass is 9.94. The molecule has 10 aromatic rings. The van der Waals surface area contributed by atoms with Gasteiger partial charge in [0.1, 0.15) is 0 Å². The summed E-state index contributed by atoms with van der Waals surface area (Å²) in [6.07, 6.45) is -2.57. The van der Waals surface area contributed by atoms with Gasteiger partial charge < -0.3 is 9.13 Å². The second-order valence-electron chi connectivity index (χ2n) is 12.7. The Labute approximate surface area is 284 Å². The van der Waals surface area contributed by atoms with E-state index in [1.54, 1.807) is 12.1 Å². The zero-order valence-corrected chi connectivity index (χ0v) is 26.5. The molecule has 3 heterocycles. The van der Waals surface area contributed by atoms with Crippen LogP contribution in [-0.4, -0.2) is 14.1 Å². The molecule has 0 fully saturated rings. The normalized spacial score (nSPS) is 12.3. The molecule has 0 saturated carbocycles. The van der Waals surface area contributed by atoms with Gasteiger partial charge in [-0.05, 0) is 101 Å². The molecule has 0 unspecified atom stereocenters. The smallest absolute Gasteiger partial charge is 0.309 e. The van der Waals surface area contributed by atoms with Gasteiger partial charge in [0.25, 0.3) is 0 Å². The Balaban J connectivity index is 1.23. The van der Waals surface area contributed by atoms with Crippen molar-refractivity contribution in [1.82, 2.24) is 14.1 Å². The third kappa shape index (κ3) is 4.21. The summed E-state index contributed by atoms with van der Waals surface area (Å²) >= 11 is 0. The number of hydrogen-bond acceptors (Lipinski definition) is 1. The van der Waals surface area contributed by atoms with E-state index >= 15 is 0 Å². The molecule has 0 aliphatic carbocycles. The summed E-state index contributed by atoms with van der Waals surface area (Å²) in [6.45, 7) is 0. The first-order chi connectivity index (χ1) is 24.4. The first kappa shape index (κ1) is 28.6. The van der Waals surface area contributed by atoms with Crippen LogP contribution < -0.4 is 0 Å². The molecule has 0 saturated heterocycles. The number of hydrogen-bond donors (Lipinski definition) is 0. The molecule has 10 rings (SSSR count). The van der Waals surface area contributed by atoms with Crippen LogP contribution in [0.5, 0.6) is 0 Å². The highest BCUT2D eigenvalue weighted by atomic mass is 19.4. The van der Waals surface area contributed by atoms with Gasteiger partial charge in [-0.15, -0.1) is 0 Å². The number of para-hydroxylation sites is 3. The maximum absolute atomic E-state index is 13.4. The van der Waals surface area contributed by atoms with Crippen molar-refractivity contribution in [3.63, 3.8) is 0 Å². The second-order valence-corrected chi connectivity index (χ2v) is 12.7. The van der Waals surface area contributed by atoms with Gasteiger partial charge in [0.15, 0.2) is 0 Å². The zero-order valence-electron chi connectivity index (χ0n) is 26.5. The van der Waals surface area contributed by atoms with Gasteiger partial charge in [0.2, 0.25) is 0 Å². The van der Waals surface area contributed by atoms with E-state index in [4.69, 9.17) is 4.98 Å². The average Bonchev–Trinajstić information content (AvgIpc) is 3.66. The Morgan fingerprint density at radius 1 is 0.440 bits per heavy atom. The maximum atomic E-state index is 13.4. The first-order valence-electron chi connectivity index (χ1n) is 16.5. The molecule has 238 valence electrons. The Kier molecular flexibility index (Phi) is 6.03. The molecule has 0 spiro atoms. The standard InChI is InChI=1S/C44H26F3N3/c45-44(46,47)29-17-19-31(20-18-29)50-40-15-7-5-12-33(40)38-25-28-24-36(43-34(13-8-22-48-43)35(28)26-42(38)50)27-16-21-41-37(23-27)32-11-4-6-14-39(32)49(41)30-9-2-1-3-10-30/h1-26H. The fourth-order valence-corrected chi connectivity index (χ4v) is 7.74. The van der Waals surface area contributed by atoms with Crippen LogP contribution in [0.4, 0.5) is 13.2 Å². The lowest BCUT2D eigenvalue weighted by molar-refractivity contribution is -0.137. The average molecular weight is 654 g/mol. The quantitative estimate of drug-likeness (QED) is 0.174. The number of nitrogens with zero attached hydrogens (tertiary/aromatic N) is 3. The van der Waals surface area contributed by atoms with E-state index in [9.17, 15) is 13.2 Å². The molecular formula is C44H26F3N3. The molecular weight excluding hydrogens is 627 g/mol. The van der Waals surface area contributed by atoms with E-state index in [1.807, 2.05) is 36.5 Å². The number of fused-ring (bicyclic) bond motifs is 9. The molecule has 0 aliphatic rings. The number of benzene rings is 7. The summed E-state index contributed by atoms with van der Waals surface area (Å²) < 4.78 is 44.7. The molecule has 50 heavy (non-hydrogen) atoms. The van der Waals surface area contributed by atoms with Crippen molar-refractivity contribution in [2.75, 3.05) is 0 Å². The summed E-state index contributed by atoms with van der Waals surface area (Å²) in [5.74, 6) is 0. The van der Waals surface area contributed by atoms with E-state index in [1.165, 1.54) is 10.8 Å². The number of alkyl halides is 3. The fourth-order valence-electron chi connectivity index (χ4n) is 7.74. The van der Waals surface area contributed by atoms with E-state index in [-0.39, 0.29) is 0 Å². The van der Waals surface area contributed by atoms with Crippen molar-refractivity contribution in [3.05, 3.63) is 163 Å². The summed E-state index contributed by atoms with van der Waals surface area (Å²) in [7, 11) is 0. The lowest BCUT2D eigenvalue weighted by Crippen LogP contribution is -2.05. The summed E-state index contributed by atoms with van der Waals surface area (Å²) in [5, 5.41) is 7.52. The Morgan fingerprint density at radius 2 is 1.04 bits per heavy atom. The van der Waals surface area contributed by atoms with Crippen LogP contribution in [0.1, 0.15) is 5.56 Å². The minimum Gasteiger partial charge on any atom is -0.309 e. The largest absolute Gasteiger partial charge is 0.416 e. The number of pyridine rings is 1. The van der Waals surface area contributed by atoms with Gasteiger partial charge in [0.05, 0.1) is 33.1 Å². The van der Waals surface area contributed by atoms with Gasteiger partial charge in [0, 0.05) is 50.1 Å². The lowest BCUT2D eigenvalue weighted by Gasteiger charge is -2.13. The summed E-state index contributed by atoms with van der Waals surface area (Å²) in [6, 6.07) is 49.7. The molecule has 0 amide bonds. The van der Waals surface area contributed by atoms with Crippen LogP contribution >= 0.6 is 0 Å². The molecule has 0 N–H and O–H groups in total. The van der Waals surface area contributed by atoms with Gasteiger partial charge in [-0.2, -0.15) is 13.2 Å². The van der Waals surface area contributed by atoms with Crippen LogP contribution in [-0.2, 0) is 6.18 Å². The third-order valence-corrected chi connectivity index (χ3v) is 9.95. The monoisotopic (exact) mass is 653 g/mol. The summed E-state index contributed by atoms with van der Waals surface area (Å²) in [4.78, 5) is 4.92. The zero-order chi connectivity index (χ0) is 33.6. The SMILES string of the molecule is FC(F)(F)c1ccc(-n2c3ccccc3c3cc4cc(-c5ccc6c(c5)c5ccccc5n6-c5ccccc5)c5ncccc5c4cc32)cc1. The molecule has 0 atom stereocenters. The molecule has 6 heteroatoms. The first-order valence-corrected chi connectivity index (χ1v) is 16.5.